The quantitative estimate of drug-likeness (QED) is 0.575. The van der Waals surface area contributed by atoms with E-state index in [0.29, 0.717) is 22.5 Å². The van der Waals surface area contributed by atoms with Crippen LogP contribution in [0.15, 0.2) is 18.2 Å². The smallest absolute Gasteiger partial charge is 0.305 e. The van der Waals surface area contributed by atoms with Crippen molar-refractivity contribution in [1.29, 1.82) is 0 Å². The zero-order valence-corrected chi connectivity index (χ0v) is 14.7. The van der Waals surface area contributed by atoms with E-state index in [4.69, 9.17) is 27.9 Å². The molecule has 1 aromatic rings. The van der Waals surface area contributed by atoms with Gasteiger partial charge in [-0.1, -0.05) is 29.3 Å². The summed E-state index contributed by atoms with van der Waals surface area (Å²) in [6, 6.07) is 6.22. The van der Waals surface area contributed by atoms with Gasteiger partial charge in [0.25, 0.3) is 0 Å². The molecular weight excluding hydrogens is 337 g/mol. The van der Waals surface area contributed by atoms with Gasteiger partial charge >= 0.3 is 5.97 Å². The molecule has 126 valence electrons. The van der Waals surface area contributed by atoms with Crippen LogP contribution in [-0.2, 0) is 19.9 Å². The molecule has 2 bridgehead atoms. The maximum Gasteiger partial charge on any atom is 0.305 e. The molecule has 0 spiro atoms. The Labute approximate surface area is 146 Å². The molecule has 2 atom stereocenters. The van der Waals surface area contributed by atoms with E-state index in [2.05, 4.69) is 9.64 Å². The van der Waals surface area contributed by atoms with E-state index in [1.54, 1.807) is 0 Å². The number of benzene rings is 1. The molecule has 0 aromatic heterocycles. The normalized spacial score (nSPS) is 26.7. The fourth-order valence-electron chi connectivity index (χ4n) is 3.58. The van der Waals surface area contributed by atoms with E-state index < -0.39 is 0 Å². The van der Waals surface area contributed by atoms with E-state index in [0.717, 1.165) is 44.5 Å². The number of rotatable bonds is 6. The number of methoxy groups -OCH3 is 1. The largest absolute Gasteiger partial charge is 0.469 e. The predicted octanol–water partition coefficient (Wildman–Crippen LogP) is 3.64. The first-order valence-electron chi connectivity index (χ1n) is 7.94. The lowest BCUT2D eigenvalue weighted by atomic mass is 9.93. The minimum absolute atomic E-state index is 0.136. The van der Waals surface area contributed by atoms with Crippen LogP contribution in [0.5, 0.6) is 0 Å². The van der Waals surface area contributed by atoms with E-state index in [9.17, 15) is 4.79 Å². The highest BCUT2D eigenvalue weighted by Gasteiger charge is 2.51. The Bertz CT molecular complexity index is 595. The van der Waals surface area contributed by atoms with Crippen LogP contribution < -0.4 is 0 Å². The summed E-state index contributed by atoms with van der Waals surface area (Å²) in [7, 11) is 1.43. The second-order valence-corrected chi connectivity index (χ2v) is 7.11. The summed E-state index contributed by atoms with van der Waals surface area (Å²) in [5.74, 6) is -0.136. The molecule has 0 saturated carbocycles. The Morgan fingerprint density at radius 3 is 2.96 bits per heavy atom. The maximum absolute atomic E-state index is 11.2. The second kappa shape index (κ2) is 6.98. The SMILES string of the molecule is COC(=O)CCCCN1CC2(c3ccc(Cl)c(Cl)c3)CC1CO2. The van der Waals surface area contributed by atoms with Gasteiger partial charge in [-0.3, -0.25) is 9.69 Å². The molecular formula is C17H21Cl2NO3. The van der Waals surface area contributed by atoms with Crippen LogP contribution in [0.4, 0.5) is 0 Å². The van der Waals surface area contributed by atoms with Crippen molar-refractivity contribution in [2.24, 2.45) is 0 Å². The lowest BCUT2D eigenvalue weighted by Crippen LogP contribution is -2.41. The van der Waals surface area contributed by atoms with Gasteiger partial charge in [-0.15, -0.1) is 0 Å². The summed E-state index contributed by atoms with van der Waals surface area (Å²) >= 11 is 12.2. The Morgan fingerprint density at radius 2 is 2.22 bits per heavy atom. The molecule has 2 aliphatic rings. The van der Waals surface area contributed by atoms with Crippen molar-refractivity contribution in [1.82, 2.24) is 4.90 Å². The van der Waals surface area contributed by atoms with Crippen LogP contribution in [0.3, 0.4) is 0 Å². The first-order chi connectivity index (χ1) is 11.0. The maximum atomic E-state index is 11.2. The van der Waals surface area contributed by atoms with Crippen LogP contribution in [0.2, 0.25) is 10.0 Å². The Morgan fingerprint density at radius 1 is 1.39 bits per heavy atom. The van der Waals surface area contributed by atoms with Crippen molar-refractivity contribution in [2.75, 3.05) is 26.8 Å². The molecule has 0 aliphatic carbocycles. The highest BCUT2D eigenvalue weighted by Crippen LogP contribution is 2.46. The molecule has 4 nitrogen and oxygen atoms in total. The number of nitrogens with zero attached hydrogens (tertiary/aromatic N) is 1. The van der Waals surface area contributed by atoms with Crippen molar-refractivity contribution in [2.45, 2.75) is 37.3 Å². The Balaban J connectivity index is 1.59. The first-order valence-corrected chi connectivity index (χ1v) is 8.70. The minimum Gasteiger partial charge on any atom is -0.469 e. The van der Waals surface area contributed by atoms with E-state index in [1.165, 1.54) is 7.11 Å². The van der Waals surface area contributed by atoms with Crippen LogP contribution >= 0.6 is 23.2 Å². The number of unbranched alkanes of at least 4 members (excludes halogenated alkanes) is 1. The summed E-state index contributed by atoms with van der Waals surface area (Å²) < 4.78 is 10.8. The predicted molar refractivity (Wildman–Crippen MR) is 89.9 cm³/mol. The van der Waals surface area contributed by atoms with Crippen LogP contribution in [0, 0.1) is 0 Å². The zero-order valence-electron chi connectivity index (χ0n) is 13.2. The average Bonchev–Trinajstić information content (AvgIpc) is 3.13. The fourth-order valence-corrected chi connectivity index (χ4v) is 3.87. The molecule has 2 unspecified atom stereocenters. The Hall–Kier alpha value is -0.810. The number of ether oxygens (including phenoxy) is 2. The molecule has 1 aromatic carbocycles. The fraction of sp³-hybridized carbons (Fsp3) is 0.588. The standard InChI is InChI=1S/C17H21Cl2NO3/c1-22-16(21)4-2-3-7-20-11-17(9-13(20)10-23-17)12-5-6-14(18)15(19)8-12/h5-6,8,13H,2-4,7,9-11H2,1H3. The topological polar surface area (TPSA) is 38.8 Å². The van der Waals surface area contributed by atoms with E-state index in [-0.39, 0.29) is 11.6 Å². The average molecular weight is 358 g/mol. The van der Waals surface area contributed by atoms with E-state index in [1.807, 2.05) is 18.2 Å². The molecule has 0 amide bonds. The van der Waals surface area contributed by atoms with Gasteiger partial charge in [0, 0.05) is 19.0 Å². The van der Waals surface area contributed by atoms with Crippen molar-refractivity contribution >= 4 is 29.2 Å². The van der Waals surface area contributed by atoms with Gasteiger partial charge in [0.05, 0.1) is 23.8 Å². The van der Waals surface area contributed by atoms with Crippen LogP contribution in [0.25, 0.3) is 0 Å². The molecule has 2 saturated heterocycles. The monoisotopic (exact) mass is 357 g/mol. The van der Waals surface area contributed by atoms with Crippen molar-refractivity contribution in [3.05, 3.63) is 33.8 Å². The minimum atomic E-state index is -0.263. The van der Waals surface area contributed by atoms with Crippen molar-refractivity contribution in [3.63, 3.8) is 0 Å². The number of halogens is 2. The molecule has 0 radical (unpaired) electrons. The molecule has 23 heavy (non-hydrogen) atoms. The zero-order chi connectivity index (χ0) is 16.4. The van der Waals surface area contributed by atoms with Gasteiger partial charge in [0.1, 0.15) is 5.60 Å². The number of likely N-dealkylation sites (tertiary alicyclic amines) is 1. The van der Waals surface area contributed by atoms with Gasteiger partial charge in [0.2, 0.25) is 0 Å². The van der Waals surface area contributed by atoms with Crippen molar-refractivity contribution < 1.29 is 14.3 Å². The number of esters is 1. The number of morpholine rings is 1. The number of fused-ring (bicyclic) bond motifs is 2. The van der Waals surface area contributed by atoms with Gasteiger partial charge in [-0.25, -0.2) is 0 Å². The highest BCUT2D eigenvalue weighted by atomic mass is 35.5. The Kier molecular flexibility index (Phi) is 5.16. The second-order valence-electron chi connectivity index (χ2n) is 6.30. The summed E-state index contributed by atoms with van der Waals surface area (Å²) in [4.78, 5) is 13.6. The van der Waals surface area contributed by atoms with Gasteiger partial charge < -0.3 is 9.47 Å². The number of carbonyl (C=O) groups is 1. The number of carbonyl (C=O) groups excluding carboxylic acids is 1. The van der Waals surface area contributed by atoms with E-state index >= 15 is 0 Å². The summed E-state index contributed by atoms with van der Waals surface area (Å²) in [6.07, 6.45) is 3.32. The molecule has 3 rings (SSSR count). The highest BCUT2D eigenvalue weighted by molar-refractivity contribution is 6.42. The number of hydrogen-bond acceptors (Lipinski definition) is 4. The summed E-state index contributed by atoms with van der Waals surface area (Å²) in [5.41, 5.74) is 0.841. The molecule has 2 fully saturated rings. The van der Waals surface area contributed by atoms with Crippen LogP contribution in [-0.4, -0.2) is 43.7 Å². The third kappa shape index (κ3) is 3.50. The molecule has 0 N–H and O–H groups in total. The lowest BCUT2D eigenvalue weighted by Gasteiger charge is -2.33. The van der Waals surface area contributed by atoms with Crippen LogP contribution in [0.1, 0.15) is 31.2 Å². The molecule has 6 heteroatoms. The molecule has 2 aliphatic heterocycles. The number of hydrogen-bond donors (Lipinski definition) is 0. The van der Waals surface area contributed by atoms with Gasteiger partial charge in [-0.05, 0) is 43.5 Å². The van der Waals surface area contributed by atoms with Gasteiger partial charge in [-0.2, -0.15) is 0 Å². The lowest BCUT2D eigenvalue weighted by molar-refractivity contribution is -0.140. The molecule has 2 heterocycles. The van der Waals surface area contributed by atoms with Crippen molar-refractivity contribution in [3.8, 4) is 0 Å². The third-order valence-corrected chi connectivity index (χ3v) is 5.58. The first kappa shape index (κ1) is 17.0. The third-order valence-electron chi connectivity index (χ3n) is 4.84. The summed E-state index contributed by atoms with van der Waals surface area (Å²) in [5, 5.41) is 1.14. The summed E-state index contributed by atoms with van der Waals surface area (Å²) in [6.45, 7) is 2.60. The van der Waals surface area contributed by atoms with Gasteiger partial charge in [0.15, 0.2) is 0 Å².